The van der Waals surface area contributed by atoms with E-state index < -0.39 is 5.97 Å². The Balaban J connectivity index is 1.13. The Hall–Kier alpha value is -4.84. The highest BCUT2D eigenvalue weighted by Gasteiger charge is 2.24. The molecule has 1 amide bonds. The summed E-state index contributed by atoms with van der Waals surface area (Å²) in [6, 6.07) is 35.4. The SMILES string of the molecule is O=C(OCC(=O)N1CCC(Cc2ccccc2)CC1)c1ccc2nc(-c3ccccc3)c(-c3ccccc3)nc2c1. The normalized spacial score (nSPS) is 13.7. The van der Waals surface area contributed by atoms with Gasteiger partial charge in [-0.1, -0.05) is 91.0 Å². The molecular weight excluding hydrogens is 510 g/mol. The molecule has 0 unspecified atom stereocenters. The molecule has 41 heavy (non-hydrogen) atoms. The Bertz CT molecular complexity index is 1650. The summed E-state index contributed by atoms with van der Waals surface area (Å²) in [4.78, 5) is 37.4. The summed E-state index contributed by atoms with van der Waals surface area (Å²) in [5.74, 6) is -0.142. The average Bonchev–Trinajstić information content (AvgIpc) is 3.04. The molecule has 0 bridgehead atoms. The number of ether oxygens (including phenoxy) is 1. The van der Waals surface area contributed by atoms with Crippen LogP contribution in [0.3, 0.4) is 0 Å². The van der Waals surface area contributed by atoms with Gasteiger partial charge in [-0.2, -0.15) is 0 Å². The number of fused-ring (bicyclic) bond motifs is 1. The zero-order chi connectivity index (χ0) is 28.0. The zero-order valence-electron chi connectivity index (χ0n) is 22.8. The number of piperidine rings is 1. The number of esters is 1. The van der Waals surface area contributed by atoms with E-state index >= 15 is 0 Å². The number of nitrogens with zero attached hydrogens (tertiary/aromatic N) is 3. The first-order valence-electron chi connectivity index (χ1n) is 14.1. The van der Waals surface area contributed by atoms with E-state index in [4.69, 9.17) is 14.7 Å². The van der Waals surface area contributed by atoms with Crippen LogP contribution in [0.4, 0.5) is 0 Å². The van der Waals surface area contributed by atoms with Gasteiger partial charge in [0.15, 0.2) is 6.61 Å². The van der Waals surface area contributed by atoms with E-state index in [0.29, 0.717) is 35.6 Å². The molecule has 2 heterocycles. The molecule has 0 atom stereocenters. The van der Waals surface area contributed by atoms with Crippen LogP contribution in [-0.2, 0) is 16.0 Å². The minimum absolute atomic E-state index is 0.157. The Morgan fingerprint density at radius 3 is 1.88 bits per heavy atom. The number of carbonyl (C=O) groups is 2. The van der Waals surface area contributed by atoms with Gasteiger partial charge in [0.2, 0.25) is 0 Å². The van der Waals surface area contributed by atoms with Gasteiger partial charge in [-0.3, -0.25) is 4.79 Å². The van der Waals surface area contributed by atoms with E-state index in [-0.39, 0.29) is 12.5 Å². The molecule has 204 valence electrons. The maximum atomic E-state index is 12.9. The molecule has 0 spiro atoms. The van der Waals surface area contributed by atoms with Crippen molar-refractivity contribution in [2.75, 3.05) is 19.7 Å². The third-order valence-corrected chi connectivity index (χ3v) is 7.66. The smallest absolute Gasteiger partial charge is 0.338 e. The van der Waals surface area contributed by atoms with Gasteiger partial charge in [-0.25, -0.2) is 14.8 Å². The van der Waals surface area contributed by atoms with Crippen LogP contribution in [0.1, 0.15) is 28.8 Å². The van der Waals surface area contributed by atoms with Crippen molar-refractivity contribution >= 4 is 22.9 Å². The van der Waals surface area contributed by atoms with Crippen LogP contribution in [-0.4, -0.2) is 46.4 Å². The fourth-order valence-corrected chi connectivity index (χ4v) is 5.41. The fourth-order valence-electron chi connectivity index (χ4n) is 5.41. The second-order valence-corrected chi connectivity index (χ2v) is 10.4. The van der Waals surface area contributed by atoms with E-state index in [1.165, 1.54) is 5.56 Å². The van der Waals surface area contributed by atoms with Crippen molar-refractivity contribution in [3.8, 4) is 22.5 Å². The van der Waals surface area contributed by atoms with Crippen LogP contribution in [0.25, 0.3) is 33.5 Å². The van der Waals surface area contributed by atoms with Crippen molar-refractivity contribution in [1.82, 2.24) is 14.9 Å². The number of hydrogen-bond donors (Lipinski definition) is 0. The molecule has 1 fully saturated rings. The summed E-state index contributed by atoms with van der Waals surface area (Å²) in [5.41, 5.74) is 6.35. The molecule has 0 saturated carbocycles. The highest BCUT2D eigenvalue weighted by Crippen LogP contribution is 2.31. The van der Waals surface area contributed by atoms with Crippen molar-refractivity contribution in [3.05, 3.63) is 120 Å². The molecule has 1 aliphatic rings. The lowest BCUT2D eigenvalue weighted by atomic mass is 9.90. The molecule has 1 aromatic heterocycles. The maximum Gasteiger partial charge on any atom is 0.338 e. The first kappa shape index (κ1) is 26.4. The Kier molecular flexibility index (Phi) is 7.81. The number of carbonyl (C=O) groups excluding carboxylic acids is 2. The zero-order valence-corrected chi connectivity index (χ0v) is 22.8. The molecule has 1 aliphatic heterocycles. The first-order chi connectivity index (χ1) is 20.1. The summed E-state index contributed by atoms with van der Waals surface area (Å²) >= 11 is 0. The van der Waals surface area contributed by atoms with Crippen LogP contribution in [0.2, 0.25) is 0 Å². The van der Waals surface area contributed by atoms with Gasteiger partial charge in [-0.05, 0) is 48.9 Å². The van der Waals surface area contributed by atoms with Crippen LogP contribution in [0, 0.1) is 5.92 Å². The van der Waals surface area contributed by atoms with E-state index in [1.807, 2.05) is 66.7 Å². The molecule has 0 N–H and O–H groups in total. The highest BCUT2D eigenvalue weighted by atomic mass is 16.5. The Morgan fingerprint density at radius 1 is 0.707 bits per heavy atom. The lowest BCUT2D eigenvalue weighted by molar-refractivity contribution is -0.135. The van der Waals surface area contributed by atoms with Crippen LogP contribution < -0.4 is 0 Å². The maximum absolute atomic E-state index is 12.9. The molecular formula is C35H31N3O3. The van der Waals surface area contributed by atoms with E-state index in [0.717, 1.165) is 41.8 Å². The van der Waals surface area contributed by atoms with Gasteiger partial charge in [0.05, 0.1) is 28.0 Å². The first-order valence-corrected chi connectivity index (χ1v) is 14.1. The number of amides is 1. The molecule has 6 heteroatoms. The van der Waals surface area contributed by atoms with Crippen LogP contribution in [0.5, 0.6) is 0 Å². The Labute approximate surface area is 239 Å². The summed E-state index contributed by atoms with van der Waals surface area (Å²) in [6.45, 7) is 1.10. The molecule has 6 nitrogen and oxygen atoms in total. The monoisotopic (exact) mass is 541 g/mol. The number of likely N-dealkylation sites (tertiary alicyclic amines) is 1. The summed E-state index contributed by atoms with van der Waals surface area (Å²) in [5, 5.41) is 0. The topological polar surface area (TPSA) is 72.4 Å². The summed E-state index contributed by atoms with van der Waals surface area (Å²) < 4.78 is 5.44. The predicted octanol–water partition coefficient (Wildman–Crippen LogP) is 6.60. The third-order valence-electron chi connectivity index (χ3n) is 7.66. The minimum Gasteiger partial charge on any atom is -0.452 e. The minimum atomic E-state index is -0.547. The summed E-state index contributed by atoms with van der Waals surface area (Å²) in [6.07, 6.45) is 2.93. The van der Waals surface area contributed by atoms with Gasteiger partial charge in [0.25, 0.3) is 5.91 Å². The van der Waals surface area contributed by atoms with Gasteiger partial charge in [0, 0.05) is 24.2 Å². The van der Waals surface area contributed by atoms with Gasteiger partial charge in [-0.15, -0.1) is 0 Å². The molecule has 0 radical (unpaired) electrons. The average molecular weight is 542 g/mol. The molecule has 4 aromatic carbocycles. The lowest BCUT2D eigenvalue weighted by Crippen LogP contribution is -2.41. The molecule has 1 saturated heterocycles. The van der Waals surface area contributed by atoms with Gasteiger partial charge < -0.3 is 9.64 Å². The number of benzene rings is 4. The van der Waals surface area contributed by atoms with Crippen LogP contribution >= 0.6 is 0 Å². The van der Waals surface area contributed by atoms with Crippen molar-refractivity contribution in [2.45, 2.75) is 19.3 Å². The predicted molar refractivity (Wildman–Crippen MR) is 160 cm³/mol. The fraction of sp³-hybridized carbons (Fsp3) is 0.200. The van der Waals surface area contributed by atoms with Crippen LogP contribution in [0.15, 0.2) is 109 Å². The van der Waals surface area contributed by atoms with Gasteiger partial charge >= 0.3 is 5.97 Å². The summed E-state index contributed by atoms with van der Waals surface area (Å²) in [7, 11) is 0. The van der Waals surface area contributed by atoms with Crippen molar-refractivity contribution in [1.29, 1.82) is 0 Å². The van der Waals surface area contributed by atoms with Crippen molar-refractivity contribution in [2.24, 2.45) is 5.92 Å². The standard InChI is InChI=1S/C35H31N3O3/c39-32(38-20-18-26(19-21-38)22-25-10-4-1-5-11-25)24-41-35(40)29-16-17-30-31(23-29)37-34(28-14-8-3-9-15-28)33(36-30)27-12-6-2-7-13-27/h1-17,23,26H,18-22,24H2. The number of hydrogen-bond acceptors (Lipinski definition) is 5. The number of aromatic nitrogens is 2. The quantitative estimate of drug-likeness (QED) is 0.217. The van der Waals surface area contributed by atoms with Crippen molar-refractivity contribution < 1.29 is 14.3 Å². The van der Waals surface area contributed by atoms with Crippen molar-refractivity contribution in [3.63, 3.8) is 0 Å². The van der Waals surface area contributed by atoms with Gasteiger partial charge in [0.1, 0.15) is 0 Å². The molecule has 6 rings (SSSR count). The molecule has 5 aromatic rings. The highest BCUT2D eigenvalue weighted by molar-refractivity contribution is 5.96. The van der Waals surface area contributed by atoms with E-state index in [9.17, 15) is 9.59 Å². The second kappa shape index (κ2) is 12.1. The van der Waals surface area contributed by atoms with E-state index in [1.54, 1.807) is 23.1 Å². The Morgan fingerprint density at radius 2 is 1.27 bits per heavy atom. The van der Waals surface area contributed by atoms with E-state index in [2.05, 4.69) is 24.3 Å². The lowest BCUT2D eigenvalue weighted by Gasteiger charge is -2.32. The molecule has 0 aliphatic carbocycles. The number of rotatable bonds is 7. The second-order valence-electron chi connectivity index (χ2n) is 10.4. The third kappa shape index (κ3) is 6.17. The largest absolute Gasteiger partial charge is 0.452 e.